The van der Waals surface area contributed by atoms with Crippen LogP contribution in [0.1, 0.15) is 23.6 Å². The molecule has 0 aliphatic rings. The van der Waals surface area contributed by atoms with Gasteiger partial charge in [0.05, 0.1) is 0 Å². The summed E-state index contributed by atoms with van der Waals surface area (Å²) in [5.74, 6) is 0.276. The summed E-state index contributed by atoms with van der Waals surface area (Å²) in [5, 5.41) is 0. The van der Waals surface area contributed by atoms with Crippen LogP contribution in [0.5, 0.6) is 11.5 Å². The van der Waals surface area contributed by atoms with E-state index in [2.05, 4.69) is 26.8 Å². The molecular weight excluding hydrogens is 412 g/mol. The smallest absolute Gasteiger partial charge is 0.279 e. The number of carbonyl (C=O) groups is 2. The Morgan fingerprint density at radius 2 is 1.74 bits per heavy atom. The summed E-state index contributed by atoms with van der Waals surface area (Å²) >= 11 is 3.37. The minimum Gasteiger partial charge on any atom is -0.483 e. The molecule has 0 spiro atoms. The second-order valence-corrected chi connectivity index (χ2v) is 7.16. The maximum Gasteiger partial charge on any atom is 0.279 e. The van der Waals surface area contributed by atoms with Gasteiger partial charge in [0.15, 0.2) is 12.7 Å². The van der Waals surface area contributed by atoms with Gasteiger partial charge >= 0.3 is 0 Å². The van der Waals surface area contributed by atoms with E-state index in [-0.39, 0.29) is 6.61 Å². The third kappa shape index (κ3) is 6.29. The van der Waals surface area contributed by atoms with E-state index < -0.39 is 17.9 Å². The first-order valence-electron chi connectivity index (χ1n) is 8.48. The molecule has 2 amide bonds. The zero-order chi connectivity index (χ0) is 20.0. The van der Waals surface area contributed by atoms with Crippen LogP contribution in [0.4, 0.5) is 0 Å². The Hall–Kier alpha value is -2.54. The maximum absolute atomic E-state index is 12.1. The van der Waals surface area contributed by atoms with Gasteiger partial charge in [-0.15, -0.1) is 0 Å². The molecule has 6 nitrogen and oxygen atoms in total. The van der Waals surface area contributed by atoms with Crippen molar-refractivity contribution in [3.63, 3.8) is 0 Å². The van der Waals surface area contributed by atoms with Crippen LogP contribution >= 0.6 is 15.9 Å². The van der Waals surface area contributed by atoms with E-state index in [0.29, 0.717) is 11.5 Å². The van der Waals surface area contributed by atoms with Gasteiger partial charge in [0.25, 0.3) is 11.8 Å². The molecule has 1 unspecified atom stereocenters. The van der Waals surface area contributed by atoms with Crippen molar-refractivity contribution in [1.82, 2.24) is 10.9 Å². The second kappa shape index (κ2) is 9.41. The van der Waals surface area contributed by atoms with Crippen LogP contribution in [0, 0.1) is 20.8 Å². The number of ether oxygens (including phenoxy) is 2. The van der Waals surface area contributed by atoms with Crippen LogP contribution in [-0.2, 0) is 9.59 Å². The summed E-state index contributed by atoms with van der Waals surface area (Å²) < 4.78 is 12.0. The lowest BCUT2D eigenvalue weighted by Crippen LogP contribution is -2.48. The molecule has 2 aromatic carbocycles. The van der Waals surface area contributed by atoms with E-state index in [1.54, 1.807) is 19.1 Å². The minimum atomic E-state index is -0.762. The molecule has 2 rings (SSSR count). The van der Waals surface area contributed by atoms with Gasteiger partial charge in [0.1, 0.15) is 11.5 Å². The van der Waals surface area contributed by atoms with E-state index in [4.69, 9.17) is 9.47 Å². The number of nitrogens with one attached hydrogen (secondary N) is 2. The number of amides is 2. The molecule has 27 heavy (non-hydrogen) atoms. The molecule has 1 atom stereocenters. The van der Waals surface area contributed by atoms with Gasteiger partial charge in [-0.25, -0.2) is 0 Å². The van der Waals surface area contributed by atoms with Crippen molar-refractivity contribution >= 4 is 27.7 Å². The molecule has 0 aliphatic heterocycles. The van der Waals surface area contributed by atoms with Crippen LogP contribution < -0.4 is 20.3 Å². The average Bonchev–Trinajstić information content (AvgIpc) is 2.62. The van der Waals surface area contributed by atoms with Crippen molar-refractivity contribution in [2.75, 3.05) is 6.61 Å². The summed E-state index contributed by atoms with van der Waals surface area (Å²) in [6.07, 6.45) is -0.762. The Morgan fingerprint density at radius 1 is 1.00 bits per heavy atom. The van der Waals surface area contributed by atoms with E-state index in [9.17, 15) is 9.59 Å². The number of benzene rings is 2. The zero-order valence-electron chi connectivity index (χ0n) is 15.8. The monoisotopic (exact) mass is 434 g/mol. The quantitative estimate of drug-likeness (QED) is 0.683. The highest BCUT2D eigenvalue weighted by molar-refractivity contribution is 9.10. The number of carbonyl (C=O) groups excluding carboxylic acids is 2. The van der Waals surface area contributed by atoms with Crippen molar-refractivity contribution in [3.05, 3.63) is 57.6 Å². The lowest BCUT2D eigenvalue weighted by molar-refractivity contribution is -0.133. The van der Waals surface area contributed by atoms with E-state index in [1.807, 2.05) is 45.0 Å². The fourth-order valence-electron chi connectivity index (χ4n) is 2.23. The first-order chi connectivity index (χ1) is 12.8. The van der Waals surface area contributed by atoms with Crippen molar-refractivity contribution < 1.29 is 19.1 Å². The first-order valence-corrected chi connectivity index (χ1v) is 9.27. The molecule has 0 bridgehead atoms. The Kier molecular flexibility index (Phi) is 7.24. The van der Waals surface area contributed by atoms with Gasteiger partial charge in [-0.3, -0.25) is 20.4 Å². The lowest BCUT2D eigenvalue weighted by Gasteiger charge is -2.16. The summed E-state index contributed by atoms with van der Waals surface area (Å²) in [6.45, 7) is 7.25. The molecular formula is C20H23BrN2O4. The fourth-order valence-corrected chi connectivity index (χ4v) is 2.71. The molecule has 144 valence electrons. The number of aryl methyl sites for hydroxylation is 3. The summed E-state index contributed by atoms with van der Waals surface area (Å²) in [5.41, 5.74) is 7.78. The Morgan fingerprint density at radius 3 is 2.41 bits per heavy atom. The second-order valence-electron chi connectivity index (χ2n) is 6.24. The number of halogens is 1. The Balaban J connectivity index is 1.78. The summed E-state index contributed by atoms with van der Waals surface area (Å²) in [7, 11) is 0. The van der Waals surface area contributed by atoms with E-state index >= 15 is 0 Å². The number of rotatable bonds is 6. The average molecular weight is 435 g/mol. The molecule has 0 saturated heterocycles. The largest absolute Gasteiger partial charge is 0.483 e. The Labute approximate surface area is 167 Å². The standard InChI is InChI=1S/C20H23BrN2O4/c1-12-5-7-17(10-13(12)2)27-15(4)20(25)23-22-19(24)11-26-18-8-6-16(21)9-14(18)3/h5-10,15H,11H2,1-4H3,(H,22,24)(H,23,25). The van der Waals surface area contributed by atoms with Crippen molar-refractivity contribution in [3.8, 4) is 11.5 Å². The van der Waals surface area contributed by atoms with Crippen LogP contribution in [0.15, 0.2) is 40.9 Å². The molecule has 0 heterocycles. The highest BCUT2D eigenvalue weighted by Gasteiger charge is 2.16. The third-order valence-corrected chi connectivity index (χ3v) is 4.47. The molecule has 0 fully saturated rings. The van der Waals surface area contributed by atoms with Crippen LogP contribution in [0.3, 0.4) is 0 Å². The van der Waals surface area contributed by atoms with Crippen molar-refractivity contribution in [2.24, 2.45) is 0 Å². The number of hydrogen-bond donors (Lipinski definition) is 2. The van der Waals surface area contributed by atoms with Crippen molar-refractivity contribution in [1.29, 1.82) is 0 Å². The van der Waals surface area contributed by atoms with Crippen molar-refractivity contribution in [2.45, 2.75) is 33.8 Å². The zero-order valence-corrected chi connectivity index (χ0v) is 17.3. The van der Waals surface area contributed by atoms with Gasteiger partial charge in [-0.1, -0.05) is 22.0 Å². The molecule has 0 aromatic heterocycles. The van der Waals surface area contributed by atoms with Crippen LogP contribution in [0.25, 0.3) is 0 Å². The predicted octanol–water partition coefficient (Wildman–Crippen LogP) is 3.37. The van der Waals surface area contributed by atoms with Crippen LogP contribution in [0.2, 0.25) is 0 Å². The van der Waals surface area contributed by atoms with Gasteiger partial charge in [-0.05, 0) is 74.7 Å². The summed E-state index contributed by atoms with van der Waals surface area (Å²) in [4.78, 5) is 23.9. The molecule has 0 radical (unpaired) electrons. The lowest BCUT2D eigenvalue weighted by atomic mass is 10.1. The van der Waals surface area contributed by atoms with E-state index in [1.165, 1.54) is 0 Å². The van der Waals surface area contributed by atoms with Crippen LogP contribution in [-0.4, -0.2) is 24.5 Å². The SMILES string of the molecule is Cc1ccc(OC(C)C(=O)NNC(=O)COc2ccc(Br)cc2C)cc1C. The highest BCUT2D eigenvalue weighted by atomic mass is 79.9. The van der Waals surface area contributed by atoms with Gasteiger partial charge in [-0.2, -0.15) is 0 Å². The maximum atomic E-state index is 12.1. The fraction of sp³-hybridized carbons (Fsp3) is 0.300. The third-order valence-electron chi connectivity index (χ3n) is 3.98. The highest BCUT2D eigenvalue weighted by Crippen LogP contribution is 2.22. The normalized spacial score (nSPS) is 11.4. The Bertz CT molecular complexity index is 839. The first kappa shape index (κ1) is 20.8. The van der Waals surface area contributed by atoms with Gasteiger partial charge in [0.2, 0.25) is 0 Å². The number of hydrogen-bond acceptors (Lipinski definition) is 4. The van der Waals surface area contributed by atoms with Gasteiger partial charge < -0.3 is 9.47 Å². The van der Waals surface area contributed by atoms with E-state index in [0.717, 1.165) is 21.2 Å². The minimum absolute atomic E-state index is 0.213. The molecule has 0 aliphatic carbocycles. The van der Waals surface area contributed by atoms with Gasteiger partial charge in [0, 0.05) is 4.47 Å². The summed E-state index contributed by atoms with van der Waals surface area (Å²) in [6, 6.07) is 11.1. The number of hydrazine groups is 1. The molecule has 2 N–H and O–H groups in total. The molecule has 0 saturated carbocycles. The topological polar surface area (TPSA) is 76.7 Å². The molecule has 2 aromatic rings. The predicted molar refractivity (Wildman–Crippen MR) is 107 cm³/mol. The molecule has 7 heteroatoms.